The molecule has 1 amide bonds. The van der Waals surface area contributed by atoms with Crippen molar-refractivity contribution < 1.29 is 23.9 Å². The van der Waals surface area contributed by atoms with E-state index < -0.39 is 5.97 Å². The molecule has 0 radical (unpaired) electrons. The van der Waals surface area contributed by atoms with Gasteiger partial charge in [-0.1, -0.05) is 12.8 Å². The maximum absolute atomic E-state index is 12.1. The molecule has 0 heterocycles. The summed E-state index contributed by atoms with van der Waals surface area (Å²) in [5.74, 6) is -0.263. The molecule has 0 saturated heterocycles. The number of carbonyl (C=O) groups is 3. The molecule has 1 aliphatic rings. The first-order chi connectivity index (χ1) is 12.1. The molecule has 6 heteroatoms. The van der Waals surface area contributed by atoms with Gasteiger partial charge in [0.15, 0.2) is 12.4 Å². The minimum atomic E-state index is -0.541. The van der Waals surface area contributed by atoms with Gasteiger partial charge in [0, 0.05) is 18.0 Å². The van der Waals surface area contributed by atoms with E-state index >= 15 is 0 Å². The molecule has 0 bridgehead atoms. The number of benzene rings is 1. The lowest BCUT2D eigenvalue weighted by molar-refractivity contribution is -0.148. The van der Waals surface area contributed by atoms with Gasteiger partial charge >= 0.3 is 5.97 Å². The quantitative estimate of drug-likeness (QED) is 0.548. The van der Waals surface area contributed by atoms with Crippen LogP contribution in [0.25, 0.3) is 0 Å². The first kappa shape index (κ1) is 19.0. The van der Waals surface area contributed by atoms with Crippen LogP contribution in [-0.4, -0.2) is 36.9 Å². The van der Waals surface area contributed by atoms with Crippen LogP contribution >= 0.6 is 0 Å². The molecule has 136 valence electrons. The molecule has 1 N–H and O–H groups in total. The first-order valence-electron chi connectivity index (χ1n) is 8.79. The van der Waals surface area contributed by atoms with Crippen LogP contribution in [0.1, 0.15) is 55.8 Å². The monoisotopic (exact) mass is 347 g/mol. The van der Waals surface area contributed by atoms with Crippen LogP contribution < -0.4 is 10.1 Å². The highest BCUT2D eigenvalue weighted by Gasteiger charge is 2.18. The van der Waals surface area contributed by atoms with Gasteiger partial charge in [-0.15, -0.1) is 0 Å². The van der Waals surface area contributed by atoms with Gasteiger partial charge in [-0.25, -0.2) is 0 Å². The number of amides is 1. The number of rotatable bonds is 9. The van der Waals surface area contributed by atoms with Gasteiger partial charge in [0.05, 0.1) is 13.0 Å². The summed E-state index contributed by atoms with van der Waals surface area (Å²) in [5, 5.41) is 2.85. The average Bonchev–Trinajstić information content (AvgIpc) is 3.11. The van der Waals surface area contributed by atoms with E-state index in [0.717, 1.165) is 25.7 Å². The summed E-state index contributed by atoms with van der Waals surface area (Å²) >= 11 is 0. The highest BCUT2D eigenvalue weighted by atomic mass is 16.5. The third kappa shape index (κ3) is 6.57. The molecule has 1 aliphatic carbocycles. The predicted octanol–water partition coefficient (Wildman–Crippen LogP) is 2.65. The Morgan fingerprint density at radius 3 is 2.40 bits per heavy atom. The number of nitrogens with one attached hydrogen (secondary N) is 1. The Hall–Kier alpha value is -2.37. The average molecular weight is 347 g/mol. The molecule has 1 aromatic rings. The fraction of sp³-hybridized carbons (Fsp3) is 0.526. The van der Waals surface area contributed by atoms with Gasteiger partial charge in [0.25, 0.3) is 5.91 Å². The number of ketones is 1. The Balaban J connectivity index is 1.66. The molecular formula is C19H25NO5. The zero-order valence-electron chi connectivity index (χ0n) is 14.6. The fourth-order valence-electron chi connectivity index (χ4n) is 2.82. The Labute approximate surface area is 147 Å². The maximum atomic E-state index is 12.1. The van der Waals surface area contributed by atoms with Crippen LogP contribution in [0.5, 0.6) is 5.75 Å². The highest BCUT2D eigenvalue weighted by molar-refractivity contribution is 5.97. The van der Waals surface area contributed by atoms with Crippen LogP contribution in [0.15, 0.2) is 24.3 Å². The third-order valence-corrected chi connectivity index (χ3v) is 4.13. The van der Waals surface area contributed by atoms with Crippen LogP contribution in [0.4, 0.5) is 0 Å². The van der Waals surface area contributed by atoms with Crippen LogP contribution in [-0.2, 0) is 14.3 Å². The van der Waals surface area contributed by atoms with Crippen molar-refractivity contribution in [3.05, 3.63) is 29.8 Å². The lowest BCUT2D eigenvalue weighted by Crippen LogP contribution is -2.35. The second-order valence-electron chi connectivity index (χ2n) is 6.09. The molecule has 0 aliphatic heterocycles. The molecule has 1 saturated carbocycles. The second kappa shape index (κ2) is 9.81. The van der Waals surface area contributed by atoms with Crippen LogP contribution in [0.3, 0.4) is 0 Å². The Morgan fingerprint density at radius 1 is 1.08 bits per heavy atom. The van der Waals surface area contributed by atoms with Crippen molar-refractivity contribution in [1.82, 2.24) is 5.32 Å². The highest BCUT2D eigenvalue weighted by Crippen LogP contribution is 2.17. The molecule has 1 aromatic carbocycles. The molecule has 25 heavy (non-hydrogen) atoms. The molecule has 2 rings (SSSR count). The molecule has 0 aromatic heterocycles. The van der Waals surface area contributed by atoms with E-state index in [2.05, 4.69) is 5.32 Å². The zero-order chi connectivity index (χ0) is 18.1. The Kier molecular flexibility index (Phi) is 7.44. The van der Waals surface area contributed by atoms with E-state index in [4.69, 9.17) is 9.47 Å². The number of hydrogen-bond donors (Lipinski definition) is 1. The number of esters is 1. The number of ether oxygens (including phenoxy) is 2. The van der Waals surface area contributed by atoms with Crippen molar-refractivity contribution in [3.8, 4) is 5.75 Å². The van der Waals surface area contributed by atoms with Gasteiger partial charge in [-0.3, -0.25) is 14.4 Å². The molecule has 0 atom stereocenters. The summed E-state index contributed by atoms with van der Waals surface area (Å²) in [6.45, 7) is 2.17. The number of Topliss-reactive ketones (excluding diaryl/α,β-unsaturated/α-hetero) is 1. The van der Waals surface area contributed by atoms with Gasteiger partial charge < -0.3 is 14.8 Å². The maximum Gasteiger partial charge on any atom is 0.306 e. The molecule has 1 fully saturated rings. The van der Waals surface area contributed by atoms with Crippen molar-refractivity contribution in [1.29, 1.82) is 0 Å². The summed E-state index contributed by atoms with van der Waals surface area (Å²) < 4.78 is 10.2. The SMILES string of the molecule is CCOc1ccc(C(=O)CCC(=O)OCC(=O)NC2CCCC2)cc1. The predicted molar refractivity (Wildman–Crippen MR) is 92.5 cm³/mol. The number of hydrogen-bond acceptors (Lipinski definition) is 5. The molecular weight excluding hydrogens is 322 g/mol. The smallest absolute Gasteiger partial charge is 0.306 e. The lowest BCUT2D eigenvalue weighted by Gasteiger charge is -2.11. The van der Waals surface area contributed by atoms with Crippen molar-refractivity contribution >= 4 is 17.7 Å². The van der Waals surface area contributed by atoms with Gasteiger partial charge in [0.2, 0.25) is 0 Å². The second-order valence-corrected chi connectivity index (χ2v) is 6.09. The van der Waals surface area contributed by atoms with Crippen molar-refractivity contribution in [2.75, 3.05) is 13.2 Å². The van der Waals surface area contributed by atoms with E-state index in [0.29, 0.717) is 17.9 Å². The van der Waals surface area contributed by atoms with Gasteiger partial charge in [-0.05, 0) is 44.0 Å². The normalized spacial score (nSPS) is 14.1. The van der Waals surface area contributed by atoms with E-state index in [-0.39, 0.29) is 37.2 Å². The van der Waals surface area contributed by atoms with Crippen LogP contribution in [0.2, 0.25) is 0 Å². The Morgan fingerprint density at radius 2 is 1.76 bits per heavy atom. The summed E-state index contributed by atoms with van der Waals surface area (Å²) in [7, 11) is 0. The molecule has 6 nitrogen and oxygen atoms in total. The van der Waals surface area contributed by atoms with E-state index in [1.54, 1.807) is 24.3 Å². The summed E-state index contributed by atoms with van der Waals surface area (Å²) in [5.41, 5.74) is 0.523. The molecule has 0 spiro atoms. The minimum Gasteiger partial charge on any atom is -0.494 e. The van der Waals surface area contributed by atoms with Crippen LogP contribution in [0, 0.1) is 0 Å². The lowest BCUT2D eigenvalue weighted by atomic mass is 10.1. The first-order valence-corrected chi connectivity index (χ1v) is 8.79. The standard InChI is InChI=1S/C19H25NO5/c1-2-24-16-9-7-14(8-10-16)17(21)11-12-19(23)25-13-18(22)20-15-5-3-4-6-15/h7-10,15H,2-6,11-13H2,1H3,(H,20,22). The van der Waals surface area contributed by atoms with Crippen molar-refractivity contribution in [2.24, 2.45) is 0 Å². The summed E-state index contributed by atoms with van der Waals surface area (Å²) in [6, 6.07) is 7.00. The van der Waals surface area contributed by atoms with E-state index in [1.807, 2.05) is 6.92 Å². The summed E-state index contributed by atoms with van der Waals surface area (Å²) in [4.78, 5) is 35.4. The fourth-order valence-corrected chi connectivity index (χ4v) is 2.82. The topological polar surface area (TPSA) is 81.7 Å². The largest absolute Gasteiger partial charge is 0.494 e. The van der Waals surface area contributed by atoms with Crippen molar-refractivity contribution in [2.45, 2.75) is 51.5 Å². The number of carbonyl (C=O) groups excluding carboxylic acids is 3. The van der Waals surface area contributed by atoms with Gasteiger partial charge in [-0.2, -0.15) is 0 Å². The minimum absolute atomic E-state index is 0.0389. The molecule has 0 unspecified atom stereocenters. The Bertz CT molecular complexity index is 590. The van der Waals surface area contributed by atoms with Crippen molar-refractivity contribution in [3.63, 3.8) is 0 Å². The summed E-state index contributed by atoms with van der Waals surface area (Å²) in [6.07, 6.45) is 4.23. The van der Waals surface area contributed by atoms with E-state index in [9.17, 15) is 14.4 Å². The van der Waals surface area contributed by atoms with E-state index in [1.165, 1.54) is 0 Å². The van der Waals surface area contributed by atoms with Gasteiger partial charge in [0.1, 0.15) is 5.75 Å². The third-order valence-electron chi connectivity index (χ3n) is 4.13. The zero-order valence-corrected chi connectivity index (χ0v) is 14.6.